The molecule has 0 atom stereocenters. The topological polar surface area (TPSA) is 8.81 Å². The van der Waals surface area contributed by atoms with Crippen molar-refractivity contribution in [2.24, 2.45) is 0 Å². The Balaban J connectivity index is 2.24. The number of unbranched alkanes of at least 4 members (excludes halogenated alkanes) is 46. The zero-order valence-corrected chi connectivity index (χ0v) is 42.3. The zero-order chi connectivity index (χ0) is 42.9. The highest BCUT2D eigenvalue weighted by atomic mass is 15.1. The molecule has 60 heavy (non-hydrogen) atoms. The van der Waals surface area contributed by atoms with Crippen LogP contribution in [0.2, 0.25) is 0 Å². The van der Waals surface area contributed by atoms with Crippen molar-refractivity contribution in [3.63, 3.8) is 0 Å². The second-order valence-electron chi connectivity index (χ2n) is 20.1. The number of rotatable bonds is 52. The zero-order valence-electron chi connectivity index (χ0n) is 42.3. The Morgan fingerprint density at radius 1 is 0.283 bits per heavy atom. The molecule has 356 valence electrons. The van der Waals surface area contributed by atoms with Crippen molar-refractivity contribution in [3.05, 3.63) is 18.2 Å². The quantitative estimate of drug-likeness (QED) is 0.0456. The molecular formula is C58H115N2+. The Bertz CT molecular complexity index is 864. The van der Waals surface area contributed by atoms with E-state index in [0.717, 1.165) is 0 Å². The fourth-order valence-electron chi connectivity index (χ4n) is 9.86. The van der Waals surface area contributed by atoms with Crippen LogP contribution in [0, 0.1) is 0 Å². The predicted molar refractivity (Wildman–Crippen MR) is 272 cm³/mol. The van der Waals surface area contributed by atoms with Crippen LogP contribution in [0.5, 0.6) is 0 Å². The first kappa shape index (κ1) is 57.2. The molecule has 0 saturated heterocycles. The molecule has 1 rings (SSSR count). The maximum Gasteiger partial charge on any atom is 0.256 e. The third-order valence-corrected chi connectivity index (χ3v) is 14.1. The molecule has 0 aliphatic heterocycles. The fourth-order valence-corrected chi connectivity index (χ4v) is 9.86. The molecule has 0 radical (unpaired) electrons. The predicted octanol–water partition coefficient (Wildman–Crippen LogP) is 20.5. The van der Waals surface area contributed by atoms with Crippen molar-refractivity contribution >= 4 is 0 Å². The van der Waals surface area contributed by atoms with E-state index in [4.69, 9.17) is 0 Å². The van der Waals surface area contributed by atoms with Gasteiger partial charge in [0.25, 0.3) is 5.82 Å². The van der Waals surface area contributed by atoms with Crippen LogP contribution < -0.4 is 4.57 Å². The average Bonchev–Trinajstić information content (AvgIpc) is 3.64. The smallest absolute Gasteiger partial charge is 0.234 e. The van der Waals surface area contributed by atoms with Gasteiger partial charge in [-0.3, -0.25) is 0 Å². The van der Waals surface area contributed by atoms with Crippen LogP contribution >= 0.6 is 0 Å². The summed E-state index contributed by atoms with van der Waals surface area (Å²) in [6.07, 6.45) is 77.3. The van der Waals surface area contributed by atoms with Crippen LogP contribution in [0.15, 0.2) is 12.4 Å². The third kappa shape index (κ3) is 40.0. The molecule has 0 fully saturated rings. The first-order valence-electron chi connectivity index (χ1n) is 28.9. The number of hydrogen-bond donors (Lipinski definition) is 0. The van der Waals surface area contributed by atoms with Crippen LogP contribution in [-0.4, -0.2) is 4.57 Å². The summed E-state index contributed by atoms with van der Waals surface area (Å²) in [5.74, 6) is 1.64. The van der Waals surface area contributed by atoms with Gasteiger partial charge in [-0.1, -0.05) is 303 Å². The summed E-state index contributed by atoms with van der Waals surface area (Å²) in [4.78, 5) is 0. The number of aromatic nitrogens is 2. The van der Waals surface area contributed by atoms with Crippen molar-refractivity contribution in [2.45, 2.75) is 355 Å². The van der Waals surface area contributed by atoms with Gasteiger partial charge in [0, 0.05) is 6.42 Å². The number of imidazole rings is 1. The third-order valence-electron chi connectivity index (χ3n) is 14.1. The summed E-state index contributed by atoms with van der Waals surface area (Å²) in [6, 6.07) is 0. The molecule has 0 bridgehead atoms. The van der Waals surface area contributed by atoms with Crippen molar-refractivity contribution in [1.29, 1.82) is 0 Å². The lowest BCUT2D eigenvalue weighted by atomic mass is 10.0. The van der Waals surface area contributed by atoms with E-state index in [1.54, 1.807) is 5.82 Å². The molecule has 0 aliphatic rings. The highest BCUT2D eigenvalue weighted by Gasteiger charge is 2.16. The monoisotopic (exact) mass is 840 g/mol. The molecule has 0 spiro atoms. The average molecular weight is 841 g/mol. The molecule has 1 heterocycles. The van der Waals surface area contributed by atoms with Crippen molar-refractivity contribution in [1.82, 2.24) is 4.57 Å². The summed E-state index contributed by atoms with van der Waals surface area (Å²) >= 11 is 0. The highest BCUT2D eigenvalue weighted by molar-refractivity contribution is 4.84. The van der Waals surface area contributed by atoms with Crippen molar-refractivity contribution < 1.29 is 4.57 Å². The molecule has 2 heteroatoms. The van der Waals surface area contributed by atoms with E-state index in [0.29, 0.717) is 0 Å². The first-order valence-corrected chi connectivity index (χ1v) is 28.9. The Hall–Kier alpha value is -0.790. The summed E-state index contributed by atoms with van der Waals surface area (Å²) in [6.45, 7) is 9.42. The fraction of sp³-hybridized carbons (Fsp3) is 0.948. The van der Waals surface area contributed by atoms with Gasteiger partial charge in [-0.2, -0.15) is 0 Å². The van der Waals surface area contributed by atoms with Gasteiger partial charge in [0.05, 0.1) is 13.1 Å². The van der Waals surface area contributed by atoms with Crippen molar-refractivity contribution in [3.8, 4) is 0 Å². The van der Waals surface area contributed by atoms with E-state index in [2.05, 4.69) is 42.3 Å². The lowest BCUT2D eigenvalue weighted by molar-refractivity contribution is -0.704. The van der Waals surface area contributed by atoms with Crippen LogP contribution in [0.1, 0.15) is 341 Å². The maximum absolute atomic E-state index is 2.67. The summed E-state index contributed by atoms with van der Waals surface area (Å²) < 4.78 is 5.34. The van der Waals surface area contributed by atoms with E-state index in [-0.39, 0.29) is 0 Å². The Morgan fingerprint density at radius 3 is 0.800 bits per heavy atom. The van der Waals surface area contributed by atoms with Gasteiger partial charge in [0.15, 0.2) is 0 Å². The molecular weight excluding hydrogens is 725 g/mol. The van der Waals surface area contributed by atoms with Crippen molar-refractivity contribution in [2.75, 3.05) is 0 Å². The van der Waals surface area contributed by atoms with Crippen LogP contribution in [-0.2, 0) is 19.5 Å². The minimum atomic E-state index is 1.23. The van der Waals surface area contributed by atoms with Gasteiger partial charge in [0.1, 0.15) is 12.4 Å². The highest BCUT2D eigenvalue weighted by Crippen LogP contribution is 2.18. The SMILES string of the molecule is CCCCCCCCCCCCCCCCCCCc1n(CCCCCCCCCCCCCCCCCC)cc[n+]1CCCCCCCCCCCCCCCCCC. The van der Waals surface area contributed by atoms with Gasteiger partial charge >= 0.3 is 0 Å². The molecule has 2 nitrogen and oxygen atoms in total. The van der Waals surface area contributed by atoms with Gasteiger partial charge in [-0.15, -0.1) is 0 Å². The largest absolute Gasteiger partial charge is 0.256 e. The second-order valence-corrected chi connectivity index (χ2v) is 20.1. The van der Waals surface area contributed by atoms with E-state index < -0.39 is 0 Å². The molecule has 0 aromatic carbocycles. The number of hydrogen-bond acceptors (Lipinski definition) is 0. The van der Waals surface area contributed by atoms with Gasteiger partial charge < -0.3 is 0 Å². The summed E-state index contributed by atoms with van der Waals surface area (Å²) in [5.41, 5.74) is 0. The van der Waals surface area contributed by atoms with Crippen LogP contribution in [0.4, 0.5) is 0 Å². The summed E-state index contributed by atoms with van der Waals surface area (Å²) in [7, 11) is 0. The first-order chi connectivity index (χ1) is 29.8. The summed E-state index contributed by atoms with van der Waals surface area (Å²) in [5, 5.41) is 0. The van der Waals surface area contributed by atoms with Gasteiger partial charge in [-0.25, -0.2) is 9.13 Å². The Labute approximate surface area is 380 Å². The molecule has 0 saturated carbocycles. The molecule has 0 amide bonds. The Kier molecular flexibility index (Phi) is 47.0. The molecule has 1 aromatic heterocycles. The van der Waals surface area contributed by atoms with E-state index in [1.807, 2.05) is 0 Å². The maximum atomic E-state index is 2.67. The van der Waals surface area contributed by atoms with E-state index in [9.17, 15) is 0 Å². The van der Waals surface area contributed by atoms with Crippen LogP contribution in [0.25, 0.3) is 0 Å². The molecule has 1 aromatic rings. The minimum absolute atomic E-state index is 1.23. The molecule has 0 unspecified atom stereocenters. The lowest BCUT2D eigenvalue weighted by Gasteiger charge is -2.07. The number of aryl methyl sites for hydroxylation is 2. The standard InChI is InChI=1S/C58H115N2/c1-4-7-10-13-16-19-22-25-28-31-32-35-38-41-44-47-50-53-58-59(54-51-48-45-42-39-36-33-29-26-23-20-17-14-11-8-5-2)56-57-60(58)55-52-49-46-43-40-37-34-30-27-24-21-18-15-12-9-6-3/h56-57H,4-55H2,1-3H3/q+1. The van der Waals surface area contributed by atoms with Gasteiger partial charge in [0.2, 0.25) is 0 Å². The van der Waals surface area contributed by atoms with E-state index in [1.165, 1.54) is 334 Å². The molecule has 0 aliphatic carbocycles. The minimum Gasteiger partial charge on any atom is -0.234 e. The van der Waals surface area contributed by atoms with E-state index >= 15 is 0 Å². The number of nitrogens with zero attached hydrogens (tertiary/aromatic N) is 2. The normalized spacial score (nSPS) is 11.7. The lowest BCUT2D eigenvalue weighted by Crippen LogP contribution is -2.37. The second kappa shape index (κ2) is 49.2. The molecule has 0 N–H and O–H groups in total. The Morgan fingerprint density at radius 2 is 0.517 bits per heavy atom. The van der Waals surface area contributed by atoms with Crippen LogP contribution in [0.3, 0.4) is 0 Å². The van der Waals surface area contributed by atoms with Gasteiger partial charge in [-0.05, 0) is 32.1 Å².